The predicted molar refractivity (Wildman–Crippen MR) is 105 cm³/mol. The van der Waals surface area contributed by atoms with E-state index in [0.29, 0.717) is 5.70 Å². The van der Waals surface area contributed by atoms with E-state index in [-0.39, 0.29) is 0 Å². The van der Waals surface area contributed by atoms with Crippen LogP contribution in [-0.2, 0) is 0 Å². The molecular formula is C21H28N2O. The molecule has 0 N–H and O–H groups in total. The number of azo groups is 1. The van der Waals surface area contributed by atoms with Gasteiger partial charge in [0, 0.05) is 11.6 Å². The van der Waals surface area contributed by atoms with Crippen molar-refractivity contribution >= 4 is 6.08 Å². The van der Waals surface area contributed by atoms with E-state index in [4.69, 9.17) is 4.74 Å². The number of hydrogen-bond acceptors (Lipinski definition) is 3. The summed E-state index contributed by atoms with van der Waals surface area (Å²) >= 11 is 0. The fraction of sp³-hybridized carbons (Fsp3) is 0.238. The van der Waals surface area contributed by atoms with E-state index in [1.54, 1.807) is 6.08 Å². The molecule has 0 aliphatic carbocycles. The standard InChI is InChI=1S/C16H16N2O.C3H6.C2H6/c1-4-7-12(2)17-18-15-10-13(3)19-16-9-6-5-8-14(16)11-15;1-3-2;1-2/h4-11H,2H2,1,3H3;3H,1H2,2H3;1-2H3/b7-4-,18-17?;;. The summed E-state index contributed by atoms with van der Waals surface area (Å²) in [5.41, 5.74) is 2.35. The maximum absolute atomic E-state index is 5.71. The highest BCUT2D eigenvalue weighted by Crippen LogP contribution is 2.27. The van der Waals surface area contributed by atoms with Crippen molar-refractivity contribution in [3.05, 3.63) is 84.4 Å². The van der Waals surface area contributed by atoms with Gasteiger partial charge in [0.2, 0.25) is 0 Å². The molecule has 1 aliphatic rings. The highest BCUT2D eigenvalue weighted by atomic mass is 16.5. The van der Waals surface area contributed by atoms with Crippen LogP contribution in [0.1, 0.15) is 40.2 Å². The zero-order chi connectivity index (χ0) is 18.4. The monoisotopic (exact) mass is 324 g/mol. The third-order valence-corrected chi connectivity index (χ3v) is 2.50. The summed E-state index contributed by atoms with van der Waals surface area (Å²) in [6.07, 6.45) is 9.23. The summed E-state index contributed by atoms with van der Waals surface area (Å²) in [5, 5.41) is 8.25. The Labute approximate surface area is 146 Å². The molecule has 1 aliphatic heterocycles. The van der Waals surface area contributed by atoms with E-state index < -0.39 is 0 Å². The van der Waals surface area contributed by atoms with Crippen LogP contribution in [0, 0.1) is 0 Å². The van der Waals surface area contributed by atoms with Crippen molar-refractivity contribution in [3.63, 3.8) is 0 Å². The van der Waals surface area contributed by atoms with Crippen LogP contribution in [-0.4, -0.2) is 0 Å². The molecule has 0 unspecified atom stereocenters. The molecule has 1 aromatic carbocycles. The third kappa shape index (κ3) is 8.08. The number of nitrogens with zero attached hydrogens (tertiary/aromatic N) is 2. The number of hydrogen-bond donors (Lipinski definition) is 0. The highest BCUT2D eigenvalue weighted by molar-refractivity contribution is 5.63. The van der Waals surface area contributed by atoms with E-state index in [0.717, 1.165) is 22.8 Å². The van der Waals surface area contributed by atoms with Crippen LogP contribution < -0.4 is 4.74 Å². The van der Waals surface area contributed by atoms with Gasteiger partial charge in [0.05, 0.1) is 11.4 Å². The van der Waals surface area contributed by atoms with Gasteiger partial charge in [-0.15, -0.1) is 6.58 Å². The second-order valence-electron chi connectivity index (χ2n) is 4.56. The number of para-hydroxylation sites is 1. The quantitative estimate of drug-likeness (QED) is 0.332. The Balaban J connectivity index is 0.000000952. The molecule has 0 radical (unpaired) electrons. The summed E-state index contributed by atoms with van der Waals surface area (Å²) in [6.45, 7) is 16.9. The first kappa shape index (κ1) is 21.3. The lowest BCUT2D eigenvalue weighted by molar-refractivity contribution is 0.427. The van der Waals surface area contributed by atoms with E-state index >= 15 is 0 Å². The molecule has 3 nitrogen and oxygen atoms in total. The molecule has 1 heterocycles. The van der Waals surface area contributed by atoms with E-state index in [1.165, 1.54) is 0 Å². The van der Waals surface area contributed by atoms with Crippen molar-refractivity contribution in [2.75, 3.05) is 0 Å². The fourth-order valence-corrected chi connectivity index (χ4v) is 1.71. The fourth-order valence-electron chi connectivity index (χ4n) is 1.71. The minimum atomic E-state index is 0.618. The van der Waals surface area contributed by atoms with Crippen LogP contribution in [0.15, 0.2) is 89.1 Å². The number of ether oxygens (including phenoxy) is 1. The molecule has 24 heavy (non-hydrogen) atoms. The van der Waals surface area contributed by atoms with Gasteiger partial charge in [-0.3, -0.25) is 0 Å². The zero-order valence-corrected chi connectivity index (χ0v) is 15.4. The van der Waals surface area contributed by atoms with Crippen molar-refractivity contribution < 1.29 is 4.74 Å². The third-order valence-electron chi connectivity index (χ3n) is 2.50. The molecule has 0 saturated carbocycles. The van der Waals surface area contributed by atoms with E-state index in [1.807, 2.05) is 83.2 Å². The molecule has 0 fully saturated rings. The minimum Gasteiger partial charge on any atom is -0.461 e. The van der Waals surface area contributed by atoms with E-state index in [9.17, 15) is 0 Å². The number of benzene rings is 1. The van der Waals surface area contributed by atoms with Gasteiger partial charge in [-0.05, 0) is 39.0 Å². The number of allylic oxidation sites excluding steroid dienone is 5. The maximum Gasteiger partial charge on any atom is 0.134 e. The molecule has 0 atom stereocenters. The predicted octanol–water partition coefficient (Wildman–Crippen LogP) is 7.08. The first-order valence-corrected chi connectivity index (χ1v) is 8.08. The molecule has 0 saturated heterocycles. The Bertz CT molecular complexity index is 650. The summed E-state index contributed by atoms with van der Waals surface area (Å²) < 4.78 is 5.71. The van der Waals surface area contributed by atoms with Crippen molar-refractivity contribution in [1.29, 1.82) is 0 Å². The van der Waals surface area contributed by atoms with Gasteiger partial charge in [-0.1, -0.05) is 50.8 Å². The molecule has 0 amide bonds. The summed E-state index contributed by atoms with van der Waals surface area (Å²) in [5.74, 6) is 1.61. The molecule has 0 spiro atoms. The second kappa shape index (κ2) is 12.8. The van der Waals surface area contributed by atoms with Crippen molar-refractivity contribution in [2.45, 2.75) is 34.6 Å². The summed E-state index contributed by atoms with van der Waals surface area (Å²) in [7, 11) is 0. The van der Waals surface area contributed by atoms with E-state index in [2.05, 4.69) is 23.4 Å². The number of rotatable bonds is 3. The Morgan fingerprint density at radius 3 is 2.38 bits per heavy atom. The molecule has 2 rings (SSSR count). The van der Waals surface area contributed by atoms with Gasteiger partial charge in [0.1, 0.15) is 11.5 Å². The van der Waals surface area contributed by atoms with Crippen molar-refractivity contribution in [3.8, 4) is 5.75 Å². The minimum absolute atomic E-state index is 0.618. The SMILES string of the molecule is C=C(/C=C\C)N=NC1=Cc2ccccc2OC(C)=C1.C=CC.CC. The molecule has 3 heteroatoms. The lowest BCUT2D eigenvalue weighted by Gasteiger charge is -2.05. The van der Waals surface area contributed by atoms with Crippen LogP contribution in [0.25, 0.3) is 6.08 Å². The molecule has 0 bridgehead atoms. The molecule has 128 valence electrons. The number of fused-ring (bicyclic) bond motifs is 1. The lowest BCUT2D eigenvalue weighted by atomic mass is 10.2. The normalized spacial score (nSPS) is 12.4. The van der Waals surface area contributed by atoms with Crippen LogP contribution in [0.5, 0.6) is 5.75 Å². The lowest BCUT2D eigenvalue weighted by Crippen LogP contribution is -1.90. The topological polar surface area (TPSA) is 34.0 Å². The largest absolute Gasteiger partial charge is 0.461 e. The Morgan fingerprint density at radius 2 is 1.75 bits per heavy atom. The average Bonchev–Trinajstić information content (AvgIpc) is 2.73. The molecule has 0 aromatic heterocycles. The van der Waals surface area contributed by atoms with Gasteiger partial charge in [0.15, 0.2) is 0 Å². The average molecular weight is 324 g/mol. The Kier molecular flexibility index (Phi) is 11.4. The first-order chi connectivity index (χ1) is 11.6. The van der Waals surface area contributed by atoms with Gasteiger partial charge >= 0.3 is 0 Å². The van der Waals surface area contributed by atoms with Crippen LogP contribution in [0.2, 0.25) is 0 Å². The zero-order valence-electron chi connectivity index (χ0n) is 15.4. The van der Waals surface area contributed by atoms with Gasteiger partial charge in [0.25, 0.3) is 0 Å². The Hall–Kier alpha value is -2.68. The van der Waals surface area contributed by atoms with Crippen molar-refractivity contribution in [1.82, 2.24) is 0 Å². The summed E-state index contributed by atoms with van der Waals surface area (Å²) in [4.78, 5) is 0. The molecular weight excluding hydrogens is 296 g/mol. The van der Waals surface area contributed by atoms with Gasteiger partial charge in [-0.2, -0.15) is 10.2 Å². The second-order valence-corrected chi connectivity index (χ2v) is 4.56. The Morgan fingerprint density at radius 1 is 1.12 bits per heavy atom. The van der Waals surface area contributed by atoms with Crippen LogP contribution in [0.3, 0.4) is 0 Å². The van der Waals surface area contributed by atoms with Crippen molar-refractivity contribution in [2.24, 2.45) is 10.2 Å². The smallest absolute Gasteiger partial charge is 0.134 e. The van der Waals surface area contributed by atoms with Gasteiger partial charge < -0.3 is 4.74 Å². The highest BCUT2D eigenvalue weighted by Gasteiger charge is 2.07. The molecule has 1 aromatic rings. The first-order valence-electron chi connectivity index (χ1n) is 8.08. The van der Waals surface area contributed by atoms with Crippen LogP contribution >= 0.6 is 0 Å². The van der Waals surface area contributed by atoms with Gasteiger partial charge in [-0.25, -0.2) is 0 Å². The van der Waals surface area contributed by atoms with Crippen LogP contribution in [0.4, 0.5) is 0 Å². The maximum atomic E-state index is 5.71. The summed E-state index contributed by atoms with van der Waals surface area (Å²) in [6, 6.07) is 7.83.